The fraction of sp³-hybridized carbons (Fsp3) is 0.182. The zero-order chi connectivity index (χ0) is 11.7. The quantitative estimate of drug-likeness (QED) is 0.942. The van der Waals surface area contributed by atoms with Gasteiger partial charge in [0.2, 0.25) is 0 Å². The van der Waals surface area contributed by atoms with Crippen LogP contribution in [0.2, 0.25) is 0 Å². The largest absolute Gasteiger partial charge is 0.493 e. The predicted octanol–water partition coefficient (Wildman–Crippen LogP) is 2.83. The first-order valence-corrected chi connectivity index (χ1v) is 5.37. The van der Waals surface area contributed by atoms with E-state index >= 15 is 0 Å². The van der Waals surface area contributed by atoms with Crippen molar-refractivity contribution in [3.05, 3.63) is 28.4 Å². The molecule has 0 spiro atoms. The second kappa shape index (κ2) is 4.17. The first-order chi connectivity index (χ1) is 7.63. The van der Waals surface area contributed by atoms with E-state index in [9.17, 15) is 4.79 Å². The van der Waals surface area contributed by atoms with Crippen molar-refractivity contribution in [2.45, 2.75) is 6.42 Å². The molecule has 0 bridgehead atoms. The van der Waals surface area contributed by atoms with Crippen molar-refractivity contribution in [3.8, 4) is 5.75 Å². The minimum atomic E-state index is -0.884. The van der Waals surface area contributed by atoms with Crippen molar-refractivity contribution in [2.75, 3.05) is 7.11 Å². The van der Waals surface area contributed by atoms with Crippen molar-refractivity contribution in [1.82, 2.24) is 0 Å². The van der Waals surface area contributed by atoms with Gasteiger partial charge in [-0.25, -0.2) is 0 Å². The molecule has 0 saturated heterocycles. The second-order valence-corrected chi connectivity index (χ2v) is 4.08. The van der Waals surface area contributed by atoms with Crippen LogP contribution >= 0.6 is 15.9 Å². The maximum Gasteiger partial charge on any atom is 0.307 e. The zero-order valence-corrected chi connectivity index (χ0v) is 10.1. The summed E-state index contributed by atoms with van der Waals surface area (Å²) in [6.45, 7) is 0. The predicted molar refractivity (Wildman–Crippen MR) is 61.8 cm³/mol. The van der Waals surface area contributed by atoms with Gasteiger partial charge >= 0.3 is 5.97 Å². The first kappa shape index (κ1) is 11.0. The highest BCUT2D eigenvalue weighted by atomic mass is 79.9. The smallest absolute Gasteiger partial charge is 0.307 e. The van der Waals surface area contributed by atoms with Crippen molar-refractivity contribution in [3.63, 3.8) is 0 Å². The molecular formula is C11H9BrO4. The Balaban J connectivity index is 2.65. The third-order valence-corrected chi connectivity index (χ3v) is 3.21. The van der Waals surface area contributed by atoms with Crippen LogP contribution in [0.15, 0.2) is 27.3 Å². The van der Waals surface area contributed by atoms with Crippen LogP contribution in [0.25, 0.3) is 11.0 Å². The van der Waals surface area contributed by atoms with E-state index in [1.54, 1.807) is 18.4 Å². The Labute approximate surface area is 99.9 Å². The van der Waals surface area contributed by atoms with Crippen molar-refractivity contribution in [1.29, 1.82) is 0 Å². The molecule has 2 rings (SSSR count). The molecule has 84 valence electrons. The Kier molecular flexibility index (Phi) is 2.87. The van der Waals surface area contributed by atoms with E-state index in [-0.39, 0.29) is 6.42 Å². The summed E-state index contributed by atoms with van der Waals surface area (Å²) < 4.78 is 11.2. The summed E-state index contributed by atoms with van der Waals surface area (Å²) in [5, 5.41) is 9.61. The van der Waals surface area contributed by atoms with Crippen LogP contribution in [0.1, 0.15) is 5.56 Å². The van der Waals surface area contributed by atoms with Crippen LogP contribution < -0.4 is 4.74 Å². The molecule has 0 amide bonds. The average molecular weight is 285 g/mol. The zero-order valence-electron chi connectivity index (χ0n) is 8.49. The van der Waals surface area contributed by atoms with Gasteiger partial charge in [0.15, 0.2) is 11.3 Å². The third kappa shape index (κ3) is 1.78. The molecule has 0 atom stereocenters. The van der Waals surface area contributed by atoms with Crippen LogP contribution in [-0.4, -0.2) is 18.2 Å². The summed E-state index contributed by atoms with van der Waals surface area (Å²) >= 11 is 3.37. The molecule has 4 nitrogen and oxygen atoms in total. The average Bonchev–Trinajstić information content (AvgIpc) is 2.70. The highest BCUT2D eigenvalue weighted by molar-refractivity contribution is 9.10. The number of carboxylic acids is 1. The van der Waals surface area contributed by atoms with Crippen LogP contribution in [0.4, 0.5) is 0 Å². The fourth-order valence-corrected chi connectivity index (χ4v) is 2.14. The highest BCUT2D eigenvalue weighted by Crippen LogP contribution is 2.35. The molecule has 0 aliphatic carbocycles. The summed E-state index contributed by atoms with van der Waals surface area (Å²) in [6, 6.07) is 3.44. The lowest BCUT2D eigenvalue weighted by molar-refractivity contribution is -0.136. The topological polar surface area (TPSA) is 59.7 Å². The standard InChI is InChI=1S/C11H9BrO4/c1-15-8-4-6(5-9(13)14)10(12)7-2-3-16-11(7)8/h2-4H,5H2,1H3,(H,13,14). The molecule has 0 saturated carbocycles. The SMILES string of the molecule is COc1cc(CC(=O)O)c(Br)c2ccoc12. The minimum absolute atomic E-state index is 0.0575. The molecular weight excluding hydrogens is 276 g/mol. The molecule has 0 radical (unpaired) electrons. The molecule has 1 aromatic heterocycles. The molecule has 16 heavy (non-hydrogen) atoms. The number of rotatable bonds is 3. The van der Waals surface area contributed by atoms with Gasteiger partial charge in [-0.05, 0) is 33.6 Å². The monoisotopic (exact) mass is 284 g/mol. The van der Waals surface area contributed by atoms with Crippen molar-refractivity contribution in [2.24, 2.45) is 0 Å². The number of carboxylic acid groups (broad SMARTS) is 1. The molecule has 0 fully saturated rings. The number of aliphatic carboxylic acids is 1. The van der Waals surface area contributed by atoms with Crippen LogP contribution in [0.5, 0.6) is 5.75 Å². The van der Waals surface area contributed by atoms with E-state index in [1.807, 2.05) is 0 Å². The van der Waals surface area contributed by atoms with Crippen LogP contribution in [0.3, 0.4) is 0 Å². The van der Waals surface area contributed by atoms with Gasteiger partial charge < -0.3 is 14.3 Å². The Morgan fingerprint density at radius 2 is 2.38 bits per heavy atom. The molecule has 1 aromatic carbocycles. The van der Waals surface area contributed by atoms with Gasteiger partial charge in [-0.2, -0.15) is 0 Å². The molecule has 0 unspecified atom stereocenters. The molecule has 0 aliphatic heterocycles. The number of methoxy groups -OCH3 is 1. The van der Waals surface area contributed by atoms with E-state index in [4.69, 9.17) is 14.3 Å². The van der Waals surface area contributed by atoms with Gasteiger partial charge in [-0.1, -0.05) is 0 Å². The van der Waals surface area contributed by atoms with E-state index in [2.05, 4.69) is 15.9 Å². The second-order valence-electron chi connectivity index (χ2n) is 3.29. The number of benzene rings is 1. The Morgan fingerprint density at radius 1 is 1.62 bits per heavy atom. The van der Waals surface area contributed by atoms with Gasteiger partial charge in [0.1, 0.15) is 0 Å². The maximum atomic E-state index is 10.7. The number of fused-ring (bicyclic) bond motifs is 1. The fourth-order valence-electron chi connectivity index (χ4n) is 1.58. The number of hydrogen-bond donors (Lipinski definition) is 1. The van der Waals surface area contributed by atoms with Gasteiger partial charge in [-0.15, -0.1) is 0 Å². The maximum absolute atomic E-state index is 10.7. The molecule has 1 heterocycles. The van der Waals surface area contributed by atoms with Gasteiger partial charge in [0.25, 0.3) is 0 Å². The number of halogens is 1. The summed E-state index contributed by atoms with van der Waals surface area (Å²) in [5.74, 6) is -0.343. The van der Waals surface area contributed by atoms with E-state index in [1.165, 1.54) is 7.11 Å². The normalized spacial score (nSPS) is 10.6. The molecule has 1 N–H and O–H groups in total. The summed E-state index contributed by atoms with van der Waals surface area (Å²) in [6.07, 6.45) is 1.49. The number of furan rings is 1. The third-order valence-electron chi connectivity index (χ3n) is 2.27. The number of ether oxygens (including phenoxy) is 1. The van der Waals surface area contributed by atoms with Crippen LogP contribution in [-0.2, 0) is 11.2 Å². The lowest BCUT2D eigenvalue weighted by Gasteiger charge is -2.07. The molecule has 5 heteroatoms. The molecule has 2 aromatic rings. The number of carbonyl (C=O) groups is 1. The lowest BCUT2D eigenvalue weighted by atomic mass is 10.1. The summed E-state index contributed by atoms with van der Waals surface area (Å²) in [5.41, 5.74) is 1.28. The van der Waals surface area contributed by atoms with E-state index in [0.29, 0.717) is 16.9 Å². The highest BCUT2D eigenvalue weighted by Gasteiger charge is 2.15. The Morgan fingerprint density at radius 3 is 3.00 bits per heavy atom. The Bertz CT molecular complexity index is 544. The Hall–Kier alpha value is -1.49. The summed E-state index contributed by atoms with van der Waals surface area (Å²) in [7, 11) is 1.52. The van der Waals surface area contributed by atoms with Gasteiger partial charge in [-0.3, -0.25) is 4.79 Å². The minimum Gasteiger partial charge on any atom is -0.493 e. The summed E-state index contributed by atoms with van der Waals surface area (Å²) in [4.78, 5) is 10.7. The van der Waals surface area contributed by atoms with Crippen LogP contribution in [0, 0.1) is 0 Å². The molecule has 0 aliphatic rings. The van der Waals surface area contributed by atoms with E-state index < -0.39 is 5.97 Å². The van der Waals surface area contributed by atoms with Crippen molar-refractivity contribution >= 4 is 32.9 Å². The first-order valence-electron chi connectivity index (χ1n) is 4.58. The van der Waals surface area contributed by atoms with Gasteiger partial charge in [0, 0.05) is 9.86 Å². The van der Waals surface area contributed by atoms with Gasteiger partial charge in [0.05, 0.1) is 19.8 Å². The van der Waals surface area contributed by atoms with Crippen molar-refractivity contribution < 1.29 is 19.1 Å². The number of hydrogen-bond acceptors (Lipinski definition) is 3. The lowest BCUT2D eigenvalue weighted by Crippen LogP contribution is -2.01. The van der Waals surface area contributed by atoms with E-state index in [0.717, 1.165) is 9.86 Å².